The highest BCUT2D eigenvalue weighted by Crippen LogP contribution is 2.06. The van der Waals surface area contributed by atoms with Crippen LogP contribution in [-0.2, 0) is 9.53 Å². The number of hydrogen-bond donors (Lipinski definition) is 1. The molecular formula is C6H11ClO3. The molecule has 0 radical (unpaired) electrons. The molecule has 0 aromatic heterocycles. The average molecular weight is 167 g/mol. The van der Waals surface area contributed by atoms with Gasteiger partial charge in [-0.1, -0.05) is 18.5 Å². The van der Waals surface area contributed by atoms with Gasteiger partial charge in [0.25, 0.3) is 0 Å². The van der Waals surface area contributed by atoms with E-state index < -0.39 is 5.56 Å². The summed E-state index contributed by atoms with van der Waals surface area (Å²) in [5.74, 6) is -0.574. The minimum absolute atomic E-state index is 0.167. The Kier molecular flexibility index (Phi) is 4.40. The van der Waals surface area contributed by atoms with Crippen molar-refractivity contribution in [1.29, 1.82) is 0 Å². The summed E-state index contributed by atoms with van der Waals surface area (Å²) in [4.78, 5) is 10.2. The summed E-state index contributed by atoms with van der Waals surface area (Å²) in [6.07, 6.45) is 0. The smallest absolute Gasteiger partial charge is 0.302 e. The second-order valence-corrected chi connectivity index (χ2v) is 2.60. The van der Waals surface area contributed by atoms with Crippen LogP contribution in [0.3, 0.4) is 0 Å². The number of alkyl halides is 1. The Labute approximate surface area is 64.9 Å². The Balaban J connectivity index is 3.39. The Morgan fingerprint density at radius 2 is 2.30 bits per heavy atom. The van der Waals surface area contributed by atoms with Gasteiger partial charge in [0.1, 0.15) is 5.56 Å². The monoisotopic (exact) mass is 166 g/mol. The lowest BCUT2D eigenvalue weighted by molar-refractivity contribution is -0.142. The van der Waals surface area contributed by atoms with E-state index in [0.29, 0.717) is 0 Å². The fourth-order valence-electron chi connectivity index (χ4n) is 0.328. The Morgan fingerprint density at radius 1 is 1.80 bits per heavy atom. The number of rotatable bonds is 3. The topological polar surface area (TPSA) is 46.5 Å². The van der Waals surface area contributed by atoms with E-state index in [4.69, 9.17) is 16.7 Å². The number of aliphatic hydroxyl groups is 1. The van der Waals surface area contributed by atoms with Crippen molar-refractivity contribution in [3.63, 3.8) is 0 Å². The zero-order chi connectivity index (χ0) is 8.15. The zero-order valence-electron chi connectivity index (χ0n) is 6.00. The highest BCUT2D eigenvalue weighted by molar-refractivity contribution is 6.19. The highest BCUT2D eigenvalue weighted by Gasteiger charge is 2.11. The predicted octanol–water partition coefficient (Wildman–Crippen LogP) is 0.743. The van der Waals surface area contributed by atoms with E-state index in [0.717, 1.165) is 0 Å². The molecule has 0 spiro atoms. The maximum Gasteiger partial charge on any atom is 0.302 e. The van der Waals surface area contributed by atoms with Crippen molar-refractivity contribution in [2.24, 2.45) is 5.92 Å². The van der Waals surface area contributed by atoms with Crippen LogP contribution in [0, 0.1) is 5.92 Å². The van der Waals surface area contributed by atoms with Crippen LogP contribution in [0.2, 0.25) is 0 Å². The summed E-state index contributed by atoms with van der Waals surface area (Å²) in [5, 5.41) is 8.71. The summed E-state index contributed by atoms with van der Waals surface area (Å²) in [5.41, 5.74) is -0.945. The first-order valence-electron chi connectivity index (χ1n) is 2.99. The zero-order valence-corrected chi connectivity index (χ0v) is 6.76. The normalized spacial score (nSPS) is 16.0. The van der Waals surface area contributed by atoms with Gasteiger partial charge in [-0.15, -0.1) is 0 Å². The van der Waals surface area contributed by atoms with Gasteiger partial charge in [0.15, 0.2) is 0 Å². The summed E-state index contributed by atoms with van der Waals surface area (Å²) in [6, 6.07) is 0. The Bertz CT molecular complexity index is 114. The number of carbonyl (C=O) groups is 1. The minimum Gasteiger partial charge on any atom is -0.465 e. The lowest BCUT2D eigenvalue weighted by Gasteiger charge is -2.11. The molecule has 2 unspecified atom stereocenters. The van der Waals surface area contributed by atoms with Gasteiger partial charge in [-0.05, 0) is 0 Å². The van der Waals surface area contributed by atoms with Crippen molar-refractivity contribution < 1.29 is 14.6 Å². The van der Waals surface area contributed by atoms with Gasteiger partial charge in [0, 0.05) is 12.8 Å². The molecule has 0 amide bonds. The van der Waals surface area contributed by atoms with E-state index in [-0.39, 0.29) is 18.5 Å². The highest BCUT2D eigenvalue weighted by atomic mass is 35.5. The van der Waals surface area contributed by atoms with Crippen LogP contribution in [-0.4, -0.2) is 23.2 Å². The summed E-state index contributed by atoms with van der Waals surface area (Å²) < 4.78 is 4.58. The van der Waals surface area contributed by atoms with E-state index in [1.54, 1.807) is 6.92 Å². The van der Waals surface area contributed by atoms with E-state index >= 15 is 0 Å². The van der Waals surface area contributed by atoms with Crippen molar-refractivity contribution in [2.45, 2.75) is 19.4 Å². The number of ether oxygens (including phenoxy) is 1. The molecule has 0 rings (SSSR count). The molecule has 0 aliphatic rings. The van der Waals surface area contributed by atoms with Gasteiger partial charge < -0.3 is 9.84 Å². The van der Waals surface area contributed by atoms with Crippen LogP contribution in [0.4, 0.5) is 0 Å². The second-order valence-electron chi connectivity index (χ2n) is 2.15. The van der Waals surface area contributed by atoms with Crippen molar-refractivity contribution in [3.05, 3.63) is 0 Å². The molecule has 2 atom stereocenters. The molecule has 0 heterocycles. The van der Waals surface area contributed by atoms with E-state index in [1.165, 1.54) is 6.92 Å². The van der Waals surface area contributed by atoms with Crippen molar-refractivity contribution in [1.82, 2.24) is 0 Å². The molecule has 4 heteroatoms. The molecular weight excluding hydrogens is 156 g/mol. The van der Waals surface area contributed by atoms with Gasteiger partial charge in [-0.3, -0.25) is 4.79 Å². The molecule has 0 saturated carbocycles. The molecule has 60 valence electrons. The number of aliphatic hydroxyl groups excluding tert-OH is 1. The van der Waals surface area contributed by atoms with Gasteiger partial charge in [0.05, 0.1) is 6.61 Å². The molecule has 0 aliphatic heterocycles. The first-order valence-corrected chi connectivity index (χ1v) is 3.43. The third kappa shape index (κ3) is 4.58. The van der Waals surface area contributed by atoms with Crippen molar-refractivity contribution in [2.75, 3.05) is 6.61 Å². The van der Waals surface area contributed by atoms with Crippen molar-refractivity contribution >= 4 is 17.6 Å². The minimum atomic E-state index is -0.945. The van der Waals surface area contributed by atoms with Gasteiger partial charge in [-0.2, -0.15) is 0 Å². The SMILES string of the molecule is CC(=O)OCC(C)C(O)Cl. The number of esters is 1. The molecule has 0 saturated heterocycles. The molecule has 3 nitrogen and oxygen atoms in total. The standard InChI is InChI=1S/C6H11ClO3/c1-4(6(7)9)3-10-5(2)8/h4,6,9H,3H2,1-2H3. The largest absolute Gasteiger partial charge is 0.465 e. The predicted molar refractivity (Wildman–Crippen MR) is 37.7 cm³/mol. The van der Waals surface area contributed by atoms with Crippen LogP contribution in [0.1, 0.15) is 13.8 Å². The van der Waals surface area contributed by atoms with E-state index in [2.05, 4.69) is 4.74 Å². The van der Waals surface area contributed by atoms with E-state index in [9.17, 15) is 4.79 Å². The van der Waals surface area contributed by atoms with Crippen LogP contribution >= 0.6 is 11.6 Å². The number of hydrogen-bond acceptors (Lipinski definition) is 3. The average Bonchev–Trinajstić information content (AvgIpc) is 1.82. The van der Waals surface area contributed by atoms with Gasteiger partial charge in [-0.25, -0.2) is 0 Å². The molecule has 0 aromatic carbocycles. The second kappa shape index (κ2) is 4.52. The molecule has 1 N–H and O–H groups in total. The van der Waals surface area contributed by atoms with Gasteiger partial charge in [0.2, 0.25) is 0 Å². The lowest BCUT2D eigenvalue weighted by Crippen LogP contribution is -2.18. The van der Waals surface area contributed by atoms with E-state index in [1.807, 2.05) is 0 Å². The van der Waals surface area contributed by atoms with Crippen LogP contribution in [0.5, 0.6) is 0 Å². The first-order chi connectivity index (χ1) is 4.54. The maximum absolute atomic E-state index is 10.2. The summed E-state index contributed by atoms with van der Waals surface area (Å²) in [6.45, 7) is 3.17. The Hall–Kier alpha value is -0.280. The molecule has 10 heavy (non-hydrogen) atoms. The number of halogens is 1. The Morgan fingerprint density at radius 3 is 2.60 bits per heavy atom. The summed E-state index contributed by atoms with van der Waals surface area (Å²) in [7, 11) is 0. The first kappa shape index (κ1) is 9.72. The number of carbonyl (C=O) groups excluding carboxylic acids is 1. The third-order valence-corrected chi connectivity index (χ3v) is 1.45. The molecule has 0 bridgehead atoms. The van der Waals surface area contributed by atoms with Gasteiger partial charge >= 0.3 is 5.97 Å². The van der Waals surface area contributed by atoms with Crippen molar-refractivity contribution in [3.8, 4) is 0 Å². The third-order valence-electron chi connectivity index (χ3n) is 1.02. The fourth-order valence-corrected chi connectivity index (χ4v) is 0.401. The van der Waals surface area contributed by atoms with Crippen LogP contribution in [0.25, 0.3) is 0 Å². The maximum atomic E-state index is 10.2. The van der Waals surface area contributed by atoms with Crippen LogP contribution < -0.4 is 0 Å². The molecule has 0 aliphatic carbocycles. The summed E-state index contributed by atoms with van der Waals surface area (Å²) >= 11 is 5.28. The van der Waals surface area contributed by atoms with Crippen LogP contribution in [0.15, 0.2) is 0 Å². The fraction of sp³-hybridized carbons (Fsp3) is 0.833. The molecule has 0 fully saturated rings. The molecule has 0 aromatic rings. The quantitative estimate of drug-likeness (QED) is 0.497. The lowest BCUT2D eigenvalue weighted by atomic mass is 10.2.